The standard InChI is InChI=1S/C20H19FN2O2.C2H6/c1-15(24)11-20(19-12-22-14-23-19,17-8-5-9-18(21)10-17)25-13-16-6-3-2-4-7-16;1-2/h2-10,12,14H,11,13H2,1H3,(H,22,23);1-2H3. The fraction of sp³-hybridized carbons (Fsp3) is 0.273. The predicted octanol–water partition coefficient (Wildman–Crippen LogP) is 5.01. The Hall–Kier alpha value is -2.79. The van der Waals surface area contributed by atoms with Crippen LogP contribution in [0.15, 0.2) is 67.1 Å². The second-order valence-corrected chi connectivity index (χ2v) is 5.96. The highest BCUT2D eigenvalue weighted by Crippen LogP contribution is 2.37. The van der Waals surface area contributed by atoms with Crippen molar-refractivity contribution < 1.29 is 13.9 Å². The molecule has 3 rings (SSSR count). The van der Waals surface area contributed by atoms with Gasteiger partial charge in [-0.25, -0.2) is 9.37 Å². The third-order valence-electron chi connectivity index (χ3n) is 4.05. The van der Waals surface area contributed by atoms with Gasteiger partial charge < -0.3 is 9.72 Å². The second kappa shape index (κ2) is 9.78. The zero-order chi connectivity index (χ0) is 19.7. The molecule has 1 N–H and O–H groups in total. The van der Waals surface area contributed by atoms with E-state index in [4.69, 9.17) is 4.74 Å². The summed E-state index contributed by atoms with van der Waals surface area (Å²) < 4.78 is 20.1. The monoisotopic (exact) mass is 368 g/mol. The van der Waals surface area contributed by atoms with Crippen LogP contribution in [0.25, 0.3) is 0 Å². The van der Waals surface area contributed by atoms with Gasteiger partial charge in [0.2, 0.25) is 0 Å². The Kier molecular flexibility index (Phi) is 7.44. The van der Waals surface area contributed by atoms with Gasteiger partial charge in [-0.3, -0.25) is 4.79 Å². The summed E-state index contributed by atoms with van der Waals surface area (Å²) in [6.45, 7) is 5.78. The van der Waals surface area contributed by atoms with E-state index in [0.717, 1.165) is 5.56 Å². The van der Waals surface area contributed by atoms with Gasteiger partial charge in [0.1, 0.15) is 17.2 Å². The van der Waals surface area contributed by atoms with Gasteiger partial charge in [-0.2, -0.15) is 0 Å². The molecule has 0 spiro atoms. The maximum Gasteiger partial charge on any atom is 0.142 e. The molecular weight excluding hydrogens is 343 g/mol. The Bertz CT molecular complexity index is 835. The zero-order valence-electron chi connectivity index (χ0n) is 15.9. The number of ketones is 1. The van der Waals surface area contributed by atoms with Gasteiger partial charge in [-0.05, 0) is 30.2 Å². The fourth-order valence-electron chi connectivity index (χ4n) is 2.91. The number of hydrogen-bond donors (Lipinski definition) is 1. The van der Waals surface area contributed by atoms with Crippen LogP contribution < -0.4 is 0 Å². The molecule has 0 bridgehead atoms. The van der Waals surface area contributed by atoms with Gasteiger partial charge in [0.15, 0.2) is 0 Å². The molecule has 0 saturated carbocycles. The number of rotatable bonds is 7. The molecule has 0 saturated heterocycles. The van der Waals surface area contributed by atoms with Gasteiger partial charge in [-0.1, -0.05) is 56.3 Å². The number of benzene rings is 2. The SMILES string of the molecule is CC.CC(=O)CC(OCc1ccccc1)(c1cccc(F)c1)c1cnc[nH]1. The number of imidazole rings is 1. The Morgan fingerprint density at radius 1 is 1.15 bits per heavy atom. The van der Waals surface area contributed by atoms with Crippen molar-refractivity contribution in [2.24, 2.45) is 0 Å². The Morgan fingerprint density at radius 3 is 2.48 bits per heavy atom. The number of carbonyl (C=O) groups is 1. The lowest BCUT2D eigenvalue weighted by Gasteiger charge is -2.33. The first-order valence-corrected chi connectivity index (χ1v) is 9.02. The lowest BCUT2D eigenvalue weighted by atomic mass is 9.85. The van der Waals surface area contributed by atoms with E-state index in [2.05, 4.69) is 9.97 Å². The highest BCUT2D eigenvalue weighted by Gasteiger charge is 2.38. The number of nitrogens with one attached hydrogen (secondary N) is 1. The predicted molar refractivity (Wildman–Crippen MR) is 104 cm³/mol. The molecule has 3 aromatic rings. The van der Waals surface area contributed by atoms with Gasteiger partial charge >= 0.3 is 0 Å². The maximum absolute atomic E-state index is 13.9. The van der Waals surface area contributed by atoms with Gasteiger partial charge in [0.05, 0.1) is 24.8 Å². The van der Waals surface area contributed by atoms with Crippen LogP contribution in [0.2, 0.25) is 0 Å². The van der Waals surface area contributed by atoms with E-state index in [1.165, 1.54) is 25.4 Å². The first-order valence-electron chi connectivity index (χ1n) is 9.02. The molecule has 0 amide bonds. The number of aromatic amines is 1. The second-order valence-electron chi connectivity index (χ2n) is 5.96. The number of aromatic nitrogens is 2. The van der Waals surface area contributed by atoms with Crippen LogP contribution in [0.4, 0.5) is 4.39 Å². The molecule has 27 heavy (non-hydrogen) atoms. The van der Waals surface area contributed by atoms with E-state index in [1.807, 2.05) is 44.2 Å². The van der Waals surface area contributed by atoms with E-state index in [0.29, 0.717) is 11.3 Å². The molecule has 1 aromatic heterocycles. The molecule has 0 aliphatic heterocycles. The zero-order valence-corrected chi connectivity index (χ0v) is 15.9. The number of nitrogens with zero attached hydrogens (tertiary/aromatic N) is 1. The molecule has 5 heteroatoms. The summed E-state index contributed by atoms with van der Waals surface area (Å²) in [5, 5.41) is 0. The molecule has 142 valence electrons. The molecule has 1 atom stereocenters. The third kappa shape index (κ3) is 5.11. The topological polar surface area (TPSA) is 55.0 Å². The fourth-order valence-corrected chi connectivity index (χ4v) is 2.91. The van der Waals surface area contributed by atoms with E-state index in [9.17, 15) is 9.18 Å². The van der Waals surface area contributed by atoms with Crippen LogP contribution in [0.1, 0.15) is 44.0 Å². The summed E-state index contributed by atoms with van der Waals surface area (Å²) in [7, 11) is 0. The quantitative estimate of drug-likeness (QED) is 0.637. The van der Waals surface area contributed by atoms with Crippen LogP contribution in [-0.4, -0.2) is 15.8 Å². The van der Waals surface area contributed by atoms with E-state index in [-0.39, 0.29) is 24.6 Å². The van der Waals surface area contributed by atoms with Gasteiger partial charge in [0.25, 0.3) is 0 Å². The Labute approximate surface area is 159 Å². The Balaban J connectivity index is 0.00000126. The first kappa shape index (κ1) is 20.5. The molecular formula is C22H25FN2O2. The third-order valence-corrected chi connectivity index (χ3v) is 4.05. The lowest BCUT2D eigenvalue weighted by Crippen LogP contribution is -2.34. The van der Waals surface area contributed by atoms with Crippen molar-refractivity contribution >= 4 is 5.78 Å². The lowest BCUT2D eigenvalue weighted by molar-refractivity contribution is -0.124. The minimum absolute atomic E-state index is 0.0630. The number of Topliss-reactive ketones (excluding diaryl/α,β-unsaturated/α-hetero) is 1. The van der Waals surface area contributed by atoms with Crippen LogP contribution in [0.3, 0.4) is 0 Å². The summed E-state index contributed by atoms with van der Waals surface area (Å²) in [4.78, 5) is 19.1. The van der Waals surface area contributed by atoms with Crippen molar-refractivity contribution in [1.29, 1.82) is 0 Å². The molecule has 0 aliphatic carbocycles. The first-order chi connectivity index (χ1) is 13.1. The number of halogens is 1. The van der Waals surface area contributed by atoms with Crippen LogP contribution in [-0.2, 0) is 21.7 Å². The highest BCUT2D eigenvalue weighted by molar-refractivity contribution is 5.77. The highest BCUT2D eigenvalue weighted by atomic mass is 19.1. The van der Waals surface area contributed by atoms with Crippen LogP contribution in [0, 0.1) is 5.82 Å². The minimum Gasteiger partial charge on any atom is -0.359 e. The van der Waals surface area contributed by atoms with Gasteiger partial charge in [-0.15, -0.1) is 0 Å². The van der Waals surface area contributed by atoms with Crippen molar-refractivity contribution in [3.05, 3.63) is 89.8 Å². The van der Waals surface area contributed by atoms with Crippen molar-refractivity contribution in [3.8, 4) is 0 Å². The van der Waals surface area contributed by atoms with E-state index in [1.54, 1.807) is 18.3 Å². The largest absolute Gasteiger partial charge is 0.359 e. The number of H-pyrrole nitrogens is 1. The summed E-state index contributed by atoms with van der Waals surface area (Å²) in [5.74, 6) is -0.444. The van der Waals surface area contributed by atoms with Crippen LogP contribution in [0.5, 0.6) is 0 Å². The van der Waals surface area contributed by atoms with Crippen molar-refractivity contribution in [2.75, 3.05) is 0 Å². The smallest absolute Gasteiger partial charge is 0.142 e. The van der Waals surface area contributed by atoms with Crippen LogP contribution >= 0.6 is 0 Å². The van der Waals surface area contributed by atoms with Gasteiger partial charge in [0, 0.05) is 6.42 Å². The number of ether oxygens (including phenoxy) is 1. The van der Waals surface area contributed by atoms with Crippen molar-refractivity contribution in [2.45, 2.75) is 39.4 Å². The van der Waals surface area contributed by atoms with Crippen molar-refractivity contribution in [3.63, 3.8) is 0 Å². The summed E-state index contributed by atoms with van der Waals surface area (Å²) >= 11 is 0. The summed E-state index contributed by atoms with van der Waals surface area (Å²) in [5.41, 5.74) is 1.03. The molecule has 0 fully saturated rings. The Morgan fingerprint density at radius 2 is 1.89 bits per heavy atom. The normalized spacial score (nSPS) is 12.6. The van der Waals surface area contributed by atoms with E-state index < -0.39 is 5.60 Å². The summed E-state index contributed by atoms with van der Waals surface area (Å²) in [6.07, 6.45) is 3.21. The average Bonchev–Trinajstić information content (AvgIpc) is 3.22. The summed E-state index contributed by atoms with van der Waals surface area (Å²) in [6, 6.07) is 15.8. The maximum atomic E-state index is 13.9. The molecule has 0 aliphatic rings. The number of carbonyl (C=O) groups excluding carboxylic acids is 1. The minimum atomic E-state index is -1.12. The molecule has 1 unspecified atom stereocenters. The number of hydrogen-bond acceptors (Lipinski definition) is 3. The van der Waals surface area contributed by atoms with E-state index >= 15 is 0 Å². The molecule has 2 aromatic carbocycles. The molecule has 4 nitrogen and oxygen atoms in total. The molecule has 0 radical (unpaired) electrons. The van der Waals surface area contributed by atoms with Crippen molar-refractivity contribution in [1.82, 2.24) is 9.97 Å². The average molecular weight is 368 g/mol. The molecule has 1 heterocycles.